The molecule has 2 aliphatic heterocycles. The van der Waals surface area contributed by atoms with Gasteiger partial charge in [-0.15, -0.1) is 0 Å². The van der Waals surface area contributed by atoms with Gasteiger partial charge in [0.2, 0.25) is 11.8 Å². The highest BCUT2D eigenvalue weighted by Crippen LogP contribution is 2.41. The lowest BCUT2D eigenvalue weighted by Gasteiger charge is -2.41. The van der Waals surface area contributed by atoms with E-state index >= 15 is 0 Å². The van der Waals surface area contributed by atoms with Crippen LogP contribution in [0.25, 0.3) is 0 Å². The summed E-state index contributed by atoms with van der Waals surface area (Å²) in [6.07, 6.45) is 6.37. The molecule has 2 rings (SSSR count). The molecule has 0 aromatic heterocycles. The van der Waals surface area contributed by atoms with Crippen LogP contribution in [0.1, 0.15) is 51.9 Å². The van der Waals surface area contributed by atoms with Gasteiger partial charge in [0, 0.05) is 46.1 Å². The Morgan fingerprint density at radius 1 is 1.18 bits per heavy atom. The minimum atomic E-state index is 0.262. The van der Waals surface area contributed by atoms with Crippen molar-refractivity contribution in [3.63, 3.8) is 0 Å². The predicted molar refractivity (Wildman–Crippen MR) is 85.5 cm³/mol. The topological polar surface area (TPSA) is 49.9 Å². The highest BCUT2D eigenvalue weighted by Gasteiger charge is 2.38. The second kappa shape index (κ2) is 7.95. The summed E-state index contributed by atoms with van der Waals surface area (Å²) in [5, 5.41) is 0. The Morgan fingerprint density at radius 2 is 1.86 bits per heavy atom. The van der Waals surface area contributed by atoms with E-state index in [0.717, 1.165) is 51.7 Å². The molecule has 0 unspecified atom stereocenters. The van der Waals surface area contributed by atoms with Gasteiger partial charge in [-0.05, 0) is 37.5 Å². The second-order valence-electron chi connectivity index (χ2n) is 6.75. The van der Waals surface area contributed by atoms with Crippen molar-refractivity contribution in [1.29, 1.82) is 0 Å². The standard InChI is InChI=1S/C17H30N2O3/c1-3-4-15(20)18-10-7-17(8-11-18)6-5-16(21)19(12-9-17)13-14-22-2/h3-14H2,1-2H3. The minimum absolute atomic E-state index is 0.262. The SMILES string of the molecule is CCCC(=O)N1CCC2(CCC(=O)N(CCOC)CC2)CC1. The molecule has 2 heterocycles. The summed E-state index contributed by atoms with van der Waals surface area (Å²) in [6, 6.07) is 0. The summed E-state index contributed by atoms with van der Waals surface area (Å²) in [6.45, 7) is 5.93. The number of piperidine rings is 1. The summed E-state index contributed by atoms with van der Waals surface area (Å²) in [7, 11) is 1.67. The lowest BCUT2D eigenvalue weighted by atomic mass is 9.73. The van der Waals surface area contributed by atoms with Crippen LogP contribution in [0.15, 0.2) is 0 Å². The minimum Gasteiger partial charge on any atom is -0.383 e. The van der Waals surface area contributed by atoms with Crippen molar-refractivity contribution in [1.82, 2.24) is 9.80 Å². The molecule has 0 aromatic rings. The molecule has 1 spiro atoms. The summed E-state index contributed by atoms with van der Waals surface area (Å²) in [5.41, 5.74) is 0.264. The van der Waals surface area contributed by atoms with Gasteiger partial charge >= 0.3 is 0 Å². The molecular formula is C17H30N2O3. The summed E-state index contributed by atoms with van der Waals surface area (Å²) >= 11 is 0. The van der Waals surface area contributed by atoms with Crippen LogP contribution in [0.2, 0.25) is 0 Å². The number of hydrogen-bond donors (Lipinski definition) is 0. The van der Waals surface area contributed by atoms with E-state index in [2.05, 4.69) is 6.92 Å². The van der Waals surface area contributed by atoms with Gasteiger partial charge in [0.25, 0.3) is 0 Å². The third-order valence-electron chi connectivity index (χ3n) is 5.34. The Hall–Kier alpha value is -1.10. The molecule has 2 saturated heterocycles. The van der Waals surface area contributed by atoms with Crippen molar-refractivity contribution >= 4 is 11.8 Å². The molecule has 0 atom stereocenters. The van der Waals surface area contributed by atoms with Crippen LogP contribution in [0.5, 0.6) is 0 Å². The first-order valence-electron chi connectivity index (χ1n) is 8.65. The van der Waals surface area contributed by atoms with E-state index in [1.165, 1.54) is 0 Å². The van der Waals surface area contributed by atoms with Crippen molar-refractivity contribution in [2.24, 2.45) is 5.41 Å². The number of likely N-dealkylation sites (tertiary alicyclic amines) is 2. The van der Waals surface area contributed by atoms with Crippen LogP contribution < -0.4 is 0 Å². The number of rotatable bonds is 5. The highest BCUT2D eigenvalue weighted by molar-refractivity contribution is 5.77. The van der Waals surface area contributed by atoms with Crippen molar-refractivity contribution < 1.29 is 14.3 Å². The zero-order chi connectivity index (χ0) is 16.0. The molecule has 2 fully saturated rings. The molecule has 5 nitrogen and oxygen atoms in total. The van der Waals surface area contributed by atoms with Crippen LogP contribution >= 0.6 is 0 Å². The molecule has 0 N–H and O–H groups in total. The number of ether oxygens (including phenoxy) is 1. The predicted octanol–water partition coefficient (Wildman–Crippen LogP) is 2.05. The number of carbonyl (C=O) groups is 2. The smallest absolute Gasteiger partial charge is 0.222 e. The first-order valence-corrected chi connectivity index (χ1v) is 8.65. The van der Waals surface area contributed by atoms with E-state index in [-0.39, 0.29) is 11.3 Å². The van der Waals surface area contributed by atoms with Gasteiger partial charge in [-0.1, -0.05) is 6.92 Å². The van der Waals surface area contributed by atoms with Crippen molar-refractivity contribution in [2.45, 2.75) is 51.9 Å². The normalized spacial score (nSPS) is 22.0. The Bertz CT molecular complexity index is 389. The number of amides is 2. The fourth-order valence-corrected chi connectivity index (χ4v) is 3.69. The van der Waals surface area contributed by atoms with E-state index in [9.17, 15) is 9.59 Å². The molecule has 126 valence electrons. The fraction of sp³-hybridized carbons (Fsp3) is 0.882. The molecular weight excluding hydrogens is 280 g/mol. The average Bonchev–Trinajstić information content (AvgIpc) is 2.67. The molecule has 0 aromatic carbocycles. The Morgan fingerprint density at radius 3 is 2.50 bits per heavy atom. The van der Waals surface area contributed by atoms with E-state index in [1.54, 1.807) is 7.11 Å². The molecule has 5 heteroatoms. The Labute approximate surface area is 134 Å². The Balaban J connectivity index is 1.88. The maximum atomic E-state index is 12.2. The van der Waals surface area contributed by atoms with Crippen LogP contribution in [0.4, 0.5) is 0 Å². The van der Waals surface area contributed by atoms with Gasteiger partial charge in [0.1, 0.15) is 0 Å². The average molecular weight is 310 g/mol. The first kappa shape index (κ1) is 17.3. The maximum Gasteiger partial charge on any atom is 0.222 e. The quantitative estimate of drug-likeness (QED) is 0.781. The highest BCUT2D eigenvalue weighted by atomic mass is 16.5. The van der Waals surface area contributed by atoms with Gasteiger partial charge in [-0.25, -0.2) is 0 Å². The van der Waals surface area contributed by atoms with Crippen LogP contribution in [0.3, 0.4) is 0 Å². The number of carbonyl (C=O) groups excluding carboxylic acids is 2. The number of methoxy groups -OCH3 is 1. The van der Waals surface area contributed by atoms with Crippen molar-refractivity contribution in [3.8, 4) is 0 Å². The molecule has 2 aliphatic rings. The molecule has 2 amide bonds. The largest absolute Gasteiger partial charge is 0.383 e. The zero-order valence-corrected chi connectivity index (χ0v) is 14.1. The summed E-state index contributed by atoms with van der Waals surface area (Å²) < 4.78 is 5.10. The summed E-state index contributed by atoms with van der Waals surface area (Å²) in [5.74, 6) is 0.558. The summed E-state index contributed by atoms with van der Waals surface area (Å²) in [4.78, 5) is 28.2. The lowest BCUT2D eigenvalue weighted by Crippen LogP contribution is -2.43. The number of nitrogens with zero attached hydrogens (tertiary/aromatic N) is 2. The van der Waals surface area contributed by atoms with E-state index < -0.39 is 0 Å². The molecule has 22 heavy (non-hydrogen) atoms. The van der Waals surface area contributed by atoms with Gasteiger partial charge in [0.05, 0.1) is 6.61 Å². The monoisotopic (exact) mass is 310 g/mol. The molecule has 0 aliphatic carbocycles. The van der Waals surface area contributed by atoms with E-state index in [4.69, 9.17) is 4.74 Å². The van der Waals surface area contributed by atoms with Crippen molar-refractivity contribution in [2.75, 3.05) is 39.9 Å². The first-order chi connectivity index (χ1) is 10.6. The Kier molecular flexibility index (Phi) is 6.24. The van der Waals surface area contributed by atoms with Gasteiger partial charge in [-0.3, -0.25) is 9.59 Å². The second-order valence-corrected chi connectivity index (χ2v) is 6.75. The van der Waals surface area contributed by atoms with E-state index in [0.29, 0.717) is 31.9 Å². The fourth-order valence-electron chi connectivity index (χ4n) is 3.69. The van der Waals surface area contributed by atoms with Gasteiger partial charge in [0.15, 0.2) is 0 Å². The molecule has 0 saturated carbocycles. The van der Waals surface area contributed by atoms with Crippen LogP contribution in [-0.4, -0.2) is 61.5 Å². The third kappa shape index (κ3) is 4.22. The third-order valence-corrected chi connectivity index (χ3v) is 5.34. The maximum absolute atomic E-state index is 12.2. The molecule has 0 bridgehead atoms. The van der Waals surface area contributed by atoms with E-state index in [1.807, 2.05) is 9.80 Å². The zero-order valence-electron chi connectivity index (χ0n) is 14.1. The van der Waals surface area contributed by atoms with Crippen LogP contribution in [-0.2, 0) is 14.3 Å². The number of hydrogen-bond acceptors (Lipinski definition) is 3. The lowest BCUT2D eigenvalue weighted by molar-refractivity contribution is -0.134. The van der Waals surface area contributed by atoms with Crippen LogP contribution in [0, 0.1) is 5.41 Å². The van der Waals surface area contributed by atoms with Gasteiger partial charge in [-0.2, -0.15) is 0 Å². The van der Waals surface area contributed by atoms with Crippen molar-refractivity contribution in [3.05, 3.63) is 0 Å². The molecule has 0 radical (unpaired) electrons. The van der Waals surface area contributed by atoms with Gasteiger partial charge < -0.3 is 14.5 Å².